The Morgan fingerprint density at radius 2 is 2.37 bits per heavy atom. The van der Waals surface area contributed by atoms with Crippen LogP contribution in [0.1, 0.15) is 13.8 Å². The van der Waals surface area contributed by atoms with Crippen LogP contribution in [-0.2, 0) is 0 Å². The summed E-state index contributed by atoms with van der Waals surface area (Å²) in [5.41, 5.74) is 6.58. The van der Waals surface area contributed by atoms with Gasteiger partial charge in [-0.2, -0.15) is 0 Å². The molecule has 0 aliphatic carbocycles. The van der Waals surface area contributed by atoms with Crippen LogP contribution in [0.5, 0.6) is 0 Å². The van der Waals surface area contributed by atoms with Crippen LogP contribution in [-0.4, -0.2) is 30.6 Å². The highest BCUT2D eigenvalue weighted by Gasteiger charge is 2.15. The molecule has 5 nitrogen and oxygen atoms in total. The summed E-state index contributed by atoms with van der Waals surface area (Å²) in [4.78, 5) is 8.60. The third kappa shape index (κ3) is 6.01. The van der Waals surface area contributed by atoms with Crippen molar-refractivity contribution in [1.82, 2.24) is 10.3 Å². The SMILES string of the molecule is C=CCNC(=NCC(C)(C)CN)Nc1cccnc1. The molecule has 1 rings (SSSR count). The van der Waals surface area contributed by atoms with Crippen molar-refractivity contribution in [1.29, 1.82) is 0 Å². The first-order chi connectivity index (χ1) is 9.07. The Hall–Kier alpha value is -1.88. The second-order valence-corrected chi connectivity index (χ2v) is 5.07. The summed E-state index contributed by atoms with van der Waals surface area (Å²) < 4.78 is 0. The molecule has 0 fully saturated rings. The Labute approximate surface area is 115 Å². The lowest BCUT2D eigenvalue weighted by Crippen LogP contribution is -2.34. The highest BCUT2D eigenvalue weighted by atomic mass is 15.2. The minimum atomic E-state index is -0.0161. The molecule has 0 atom stereocenters. The highest BCUT2D eigenvalue weighted by Crippen LogP contribution is 2.12. The van der Waals surface area contributed by atoms with Gasteiger partial charge in [-0.05, 0) is 24.1 Å². The highest BCUT2D eigenvalue weighted by molar-refractivity contribution is 5.93. The van der Waals surface area contributed by atoms with Gasteiger partial charge in [-0.1, -0.05) is 19.9 Å². The smallest absolute Gasteiger partial charge is 0.196 e. The monoisotopic (exact) mass is 261 g/mol. The molecule has 0 aliphatic heterocycles. The molecule has 0 unspecified atom stereocenters. The van der Waals surface area contributed by atoms with Crippen molar-refractivity contribution in [3.63, 3.8) is 0 Å². The van der Waals surface area contributed by atoms with Gasteiger partial charge in [-0.25, -0.2) is 0 Å². The van der Waals surface area contributed by atoms with E-state index in [1.54, 1.807) is 18.5 Å². The molecular weight excluding hydrogens is 238 g/mol. The largest absolute Gasteiger partial charge is 0.353 e. The van der Waals surface area contributed by atoms with Crippen molar-refractivity contribution in [3.8, 4) is 0 Å². The van der Waals surface area contributed by atoms with Gasteiger partial charge in [-0.15, -0.1) is 6.58 Å². The topological polar surface area (TPSA) is 75.3 Å². The molecule has 1 heterocycles. The molecule has 0 radical (unpaired) electrons. The fraction of sp³-hybridized carbons (Fsp3) is 0.429. The number of aromatic nitrogens is 1. The minimum Gasteiger partial charge on any atom is -0.353 e. The Kier molecular flexibility index (Phi) is 6.02. The first-order valence-corrected chi connectivity index (χ1v) is 6.34. The Morgan fingerprint density at radius 3 is 2.95 bits per heavy atom. The lowest BCUT2D eigenvalue weighted by atomic mass is 9.94. The van der Waals surface area contributed by atoms with Gasteiger partial charge in [0.25, 0.3) is 0 Å². The number of hydrogen-bond donors (Lipinski definition) is 3. The van der Waals surface area contributed by atoms with Crippen molar-refractivity contribution in [2.45, 2.75) is 13.8 Å². The fourth-order valence-corrected chi connectivity index (χ4v) is 1.24. The van der Waals surface area contributed by atoms with Gasteiger partial charge in [0.05, 0.1) is 11.9 Å². The summed E-state index contributed by atoms with van der Waals surface area (Å²) in [6.07, 6.45) is 5.27. The molecule has 0 aliphatic rings. The average Bonchev–Trinajstić information content (AvgIpc) is 2.43. The van der Waals surface area contributed by atoms with Crippen LogP contribution in [0.2, 0.25) is 0 Å². The van der Waals surface area contributed by atoms with Gasteiger partial charge in [0.2, 0.25) is 0 Å². The summed E-state index contributed by atoms with van der Waals surface area (Å²) in [6, 6.07) is 3.81. The zero-order chi connectivity index (χ0) is 14.1. The van der Waals surface area contributed by atoms with Crippen molar-refractivity contribution < 1.29 is 0 Å². The fourth-order valence-electron chi connectivity index (χ4n) is 1.24. The van der Waals surface area contributed by atoms with E-state index < -0.39 is 0 Å². The molecule has 104 valence electrons. The van der Waals surface area contributed by atoms with E-state index >= 15 is 0 Å². The number of pyridine rings is 1. The predicted octanol–water partition coefficient (Wildman–Crippen LogP) is 1.61. The van der Waals surface area contributed by atoms with Crippen molar-refractivity contribution in [2.75, 3.05) is 25.0 Å². The standard InChI is InChI=1S/C14H23N5/c1-4-7-17-13(18-11-14(2,3)10-15)19-12-6-5-8-16-9-12/h4-6,8-9H,1,7,10-11,15H2,2-3H3,(H2,17,18,19). The zero-order valence-electron chi connectivity index (χ0n) is 11.7. The number of guanidine groups is 1. The summed E-state index contributed by atoms with van der Waals surface area (Å²) in [5, 5.41) is 6.37. The van der Waals surface area contributed by atoms with E-state index in [-0.39, 0.29) is 5.41 Å². The van der Waals surface area contributed by atoms with E-state index in [4.69, 9.17) is 5.73 Å². The quantitative estimate of drug-likeness (QED) is 0.413. The van der Waals surface area contributed by atoms with Crippen LogP contribution < -0.4 is 16.4 Å². The van der Waals surface area contributed by atoms with E-state index in [0.717, 1.165) is 5.69 Å². The van der Waals surface area contributed by atoms with Crippen LogP contribution in [0, 0.1) is 5.41 Å². The number of rotatable bonds is 6. The summed E-state index contributed by atoms with van der Waals surface area (Å²) >= 11 is 0. The van der Waals surface area contributed by atoms with E-state index in [0.29, 0.717) is 25.6 Å². The van der Waals surface area contributed by atoms with Crippen molar-refractivity contribution in [3.05, 3.63) is 37.2 Å². The number of nitrogens with two attached hydrogens (primary N) is 1. The van der Waals surface area contributed by atoms with E-state index in [1.165, 1.54) is 0 Å². The first kappa shape index (κ1) is 15.2. The lowest BCUT2D eigenvalue weighted by molar-refractivity contribution is 0.393. The molecule has 5 heteroatoms. The number of anilines is 1. The molecule has 0 saturated carbocycles. The van der Waals surface area contributed by atoms with Gasteiger partial charge < -0.3 is 16.4 Å². The third-order valence-electron chi connectivity index (χ3n) is 2.56. The van der Waals surface area contributed by atoms with Gasteiger partial charge in [0.1, 0.15) is 0 Å². The number of nitrogens with zero attached hydrogens (tertiary/aromatic N) is 2. The van der Waals surface area contributed by atoms with E-state index in [1.807, 2.05) is 12.1 Å². The van der Waals surface area contributed by atoms with Gasteiger partial charge in [0, 0.05) is 19.3 Å². The van der Waals surface area contributed by atoms with Crippen molar-refractivity contribution >= 4 is 11.6 Å². The molecule has 1 aromatic rings. The molecule has 19 heavy (non-hydrogen) atoms. The molecule has 0 saturated heterocycles. The van der Waals surface area contributed by atoms with Crippen LogP contribution in [0.3, 0.4) is 0 Å². The minimum absolute atomic E-state index is 0.0161. The first-order valence-electron chi connectivity index (χ1n) is 6.34. The van der Waals surface area contributed by atoms with Crippen molar-refractivity contribution in [2.24, 2.45) is 16.1 Å². The number of hydrogen-bond acceptors (Lipinski definition) is 3. The molecule has 0 aromatic carbocycles. The maximum absolute atomic E-state index is 5.71. The zero-order valence-corrected chi connectivity index (χ0v) is 11.7. The van der Waals surface area contributed by atoms with Crippen LogP contribution >= 0.6 is 0 Å². The Bertz CT molecular complexity index is 411. The van der Waals surface area contributed by atoms with E-state index in [9.17, 15) is 0 Å². The number of nitrogens with one attached hydrogen (secondary N) is 2. The lowest BCUT2D eigenvalue weighted by Gasteiger charge is -2.20. The molecule has 0 amide bonds. The van der Waals surface area contributed by atoms with Gasteiger partial charge in [-0.3, -0.25) is 9.98 Å². The Balaban J connectivity index is 2.71. The normalized spacial score (nSPS) is 12.1. The van der Waals surface area contributed by atoms with Crippen LogP contribution in [0.4, 0.5) is 5.69 Å². The Morgan fingerprint density at radius 1 is 1.58 bits per heavy atom. The molecule has 0 spiro atoms. The van der Waals surface area contributed by atoms with Gasteiger partial charge in [0.15, 0.2) is 5.96 Å². The molecule has 0 bridgehead atoms. The average molecular weight is 261 g/mol. The van der Waals surface area contributed by atoms with Crippen LogP contribution in [0.25, 0.3) is 0 Å². The molecule has 1 aromatic heterocycles. The third-order valence-corrected chi connectivity index (χ3v) is 2.56. The maximum Gasteiger partial charge on any atom is 0.196 e. The van der Waals surface area contributed by atoms with Crippen LogP contribution in [0.15, 0.2) is 42.2 Å². The maximum atomic E-state index is 5.71. The van der Waals surface area contributed by atoms with Gasteiger partial charge >= 0.3 is 0 Å². The second kappa shape index (κ2) is 7.53. The number of aliphatic imine (C=N–C) groups is 1. The summed E-state index contributed by atoms with van der Waals surface area (Å²) in [6.45, 7) is 9.76. The summed E-state index contributed by atoms with van der Waals surface area (Å²) in [7, 11) is 0. The van der Waals surface area contributed by atoms with E-state index in [2.05, 4.69) is 41.0 Å². The predicted molar refractivity (Wildman–Crippen MR) is 81.2 cm³/mol. The molecule has 4 N–H and O–H groups in total. The second-order valence-electron chi connectivity index (χ2n) is 5.07. The molecular formula is C14H23N5. The summed E-state index contributed by atoms with van der Waals surface area (Å²) in [5.74, 6) is 0.703.